The van der Waals surface area contributed by atoms with Crippen LogP contribution in [0.2, 0.25) is 0 Å². The van der Waals surface area contributed by atoms with Gasteiger partial charge in [-0.2, -0.15) is 0 Å². The van der Waals surface area contributed by atoms with Crippen LogP contribution in [-0.4, -0.2) is 17.7 Å². The summed E-state index contributed by atoms with van der Waals surface area (Å²) < 4.78 is 5.65. The van der Waals surface area contributed by atoms with Crippen LogP contribution in [0.4, 0.5) is 0 Å². The summed E-state index contributed by atoms with van der Waals surface area (Å²) >= 11 is 0. The van der Waals surface area contributed by atoms with E-state index in [1.54, 1.807) is 0 Å². The average Bonchev–Trinajstić information content (AvgIpc) is 3.17. The third kappa shape index (κ3) is 3.49. The predicted molar refractivity (Wildman–Crippen MR) is 74.5 cm³/mol. The van der Waals surface area contributed by atoms with Crippen molar-refractivity contribution in [3.63, 3.8) is 0 Å². The van der Waals surface area contributed by atoms with Gasteiger partial charge in [0, 0.05) is 0 Å². The van der Waals surface area contributed by atoms with Crippen molar-refractivity contribution in [3.8, 4) is 5.75 Å². The van der Waals surface area contributed by atoms with E-state index in [0.29, 0.717) is 12.5 Å². The van der Waals surface area contributed by atoms with Crippen molar-refractivity contribution in [2.75, 3.05) is 6.61 Å². The molecule has 1 fully saturated rings. The molecule has 0 saturated heterocycles. The van der Waals surface area contributed by atoms with Crippen molar-refractivity contribution in [3.05, 3.63) is 29.3 Å². The summed E-state index contributed by atoms with van der Waals surface area (Å²) in [7, 11) is 0. The molecule has 1 aromatic rings. The first kappa shape index (κ1) is 13.9. The van der Waals surface area contributed by atoms with Gasteiger partial charge in [-0.15, -0.1) is 0 Å². The first-order chi connectivity index (χ1) is 9.15. The summed E-state index contributed by atoms with van der Waals surface area (Å²) in [4.78, 5) is 10.8. The first-order valence-electron chi connectivity index (χ1n) is 7.13. The number of benzene rings is 1. The van der Waals surface area contributed by atoms with Crippen molar-refractivity contribution in [2.24, 2.45) is 11.8 Å². The Bertz CT molecular complexity index is 453. The molecule has 1 saturated carbocycles. The second kappa shape index (κ2) is 6.09. The molecule has 0 aliphatic heterocycles. The van der Waals surface area contributed by atoms with Crippen molar-refractivity contribution in [2.45, 2.75) is 39.5 Å². The molecule has 0 aromatic heterocycles. The fourth-order valence-corrected chi connectivity index (χ4v) is 2.55. The van der Waals surface area contributed by atoms with E-state index >= 15 is 0 Å². The van der Waals surface area contributed by atoms with Crippen LogP contribution >= 0.6 is 0 Å². The van der Waals surface area contributed by atoms with Crippen molar-refractivity contribution < 1.29 is 14.6 Å². The van der Waals surface area contributed by atoms with Gasteiger partial charge in [0.25, 0.3) is 0 Å². The van der Waals surface area contributed by atoms with E-state index in [0.717, 1.165) is 31.4 Å². The molecule has 0 bridgehead atoms. The highest BCUT2D eigenvalue weighted by atomic mass is 16.5. The van der Waals surface area contributed by atoms with Crippen LogP contribution in [-0.2, 0) is 17.6 Å². The summed E-state index contributed by atoms with van der Waals surface area (Å²) in [6, 6.07) is 6.34. The van der Waals surface area contributed by atoms with Crippen LogP contribution in [0.15, 0.2) is 18.2 Å². The molecule has 104 valence electrons. The maximum atomic E-state index is 10.8. The summed E-state index contributed by atoms with van der Waals surface area (Å²) in [5.74, 6) is 0.562. The molecule has 19 heavy (non-hydrogen) atoms. The van der Waals surface area contributed by atoms with E-state index in [1.165, 1.54) is 11.1 Å². The molecule has 0 radical (unpaired) electrons. The van der Waals surface area contributed by atoms with Crippen LogP contribution in [0.5, 0.6) is 5.75 Å². The number of hydrogen-bond donors (Lipinski definition) is 1. The molecule has 2 rings (SSSR count). The molecule has 3 heteroatoms. The number of carbonyl (C=O) groups is 1. The molecule has 2 unspecified atom stereocenters. The molecular weight excluding hydrogens is 240 g/mol. The Balaban J connectivity index is 1.99. The van der Waals surface area contributed by atoms with E-state index in [-0.39, 0.29) is 5.92 Å². The lowest BCUT2D eigenvalue weighted by Crippen LogP contribution is -2.02. The number of aliphatic carboxylic acids is 1. The lowest BCUT2D eigenvalue weighted by molar-refractivity contribution is -0.138. The summed E-state index contributed by atoms with van der Waals surface area (Å²) in [5.41, 5.74) is 2.53. The zero-order valence-corrected chi connectivity index (χ0v) is 11.7. The minimum absolute atomic E-state index is 0.107. The topological polar surface area (TPSA) is 46.5 Å². The van der Waals surface area contributed by atoms with Crippen molar-refractivity contribution in [1.82, 2.24) is 0 Å². The molecule has 0 heterocycles. The average molecular weight is 262 g/mol. The molecular formula is C16H22O3. The van der Waals surface area contributed by atoms with Gasteiger partial charge in [0.15, 0.2) is 0 Å². The minimum atomic E-state index is -0.641. The number of ether oxygens (including phenoxy) is 1. The lowest BCUT2D eigenvalue weighted by Gasteiger charge is -2.11. The van der Waals surface area contributed by atoms with Gasteiger partial charge in [0.2, 0.25) is 0 Å². The molecule has 0 spiro atoms. The van der Waals surface area contributed by atoms with Gasteiger partial charge in [0.05, 0.1) is 12.5 Å². The Morgan fingerprint density at radius 3 is 2.79 bits per heavy atom. The highest BCUT2D eigenvalue weighted by molar-refractivity contribution is 5.73. The molecule has 3 nitrogen and oxygen atoms in total. The smallest absolute Gasteiger partial charge is 0.306 e. The quantitative estimate of drug-likeness (QED) is 0.820. The van der Waals surface area contributed by atoms with Gasteiger partial charge >= 0.3 is 5.97 Å². The van der Waals surface area contributed by atoms with E-state index < -0.39 is 5.97 Å². The van der Waals surface area contributed by atoms with Crippen LogP contribution in [0, 0.1) is 11.8 Å². The van der Waals surface area contributed by atoms with Crippen LogP contribution < -0.4 is 4.74 Å². The Morgan fingerprint density at radius 1 is 1.42 bits per heavy atom. The fraction of sp³-hybridized carbons (Fsp3) is 0.562. The number of aryl methyl sites for hydroxylation is 2. The molecule has 1 aliphatic carbocycles. The normalized spacial score (nSPS) is 21.2. The molecule has 0 amide bonds. The van der Waals surface area contributed by atoms with Crippen LogP contribution in [0.25, 0.3) is 0 Å². The van der Waals surface area contributed by atoms with Crippen molar-refractivity contribution in [1.29, 1.82) is 0 Å². The first-order valence-corrected chi connectivity index (χ1v) is 7.13. The second-order valence-corrected chi connectivity index (χ2v) is 5.21. The molecule has 1 N–H and O–H groups in total. The Hall–Kier alpha value is -1.51. The summed E-state index contributed by atoms with van der Waals surface area (Å²) in [6.45, 7) is 4.79. The van der Waals surface area contributed by atoms with Gasteiger partial charge in [0.1, 0.15) is 5.75 Å². The monoisotopic (exact) mass is 262 g/mol. The second-order valence-electron chi connectivity index (χ2n) is 5.21. The van der Waals surface area contributed by atoms with Gasteiger partial charge in [-0.05, 0) is 55.7 Å². The zero-order chi connectivity index (χ0) is 13.8. The lowest BCUT2D eigenvalue weighted by atomic mass is 10.0. The molecule has 1 aliphatic rings. The predicted octanol–water partition coefficient (Wildman–Crippen LogP) is 3.30. The van der Waals surface area contributed by atoms with Crippen LogP contribution in [0.1, 0.15) is 37.8 Å². The van der Waals surface area contributed by atoms with E-state index in [1.807, 2.05) is 13.0 Å². The van der Waals surface area contributed by atoms with E-state index in [2.05, 4.69) is 19.1 Å². The largest absolute Gasteiger partial charge is 0.494 e. The minimum Gasteiger partial charge on any atom is -0.494 e. The zero-order valence-electron chi connectivity index (χ0n) is 11.7. The standard InChI is InChI=1S/C16H22O3/c1-3-11-5-8-15(19-4-2)13(9-11)7-6-12-10-14(12)16(17)18/h5,8-9,12,14H,3-4,6-7,10H2,1-2H3,(H,17,18). The highest BCUT2D eigenvalue weighted by Gasteiger charge is 2.42. The molecule has 2 atom stereocenters. The van der Waals surface area contributed by atoms with Gasteiger partial charge < -0.3 is 9.84 Å². The summed E-state index contributed by atoms with van der Waals surface area (Å²) in [5, 5.41) is 8.92. The van der Waals surface area contributed by atoms with Crippen LogP contribution in [0.3, 0.4) is 0 Å². The highest BCUT2D eigenvalue weighted by Crippen LogP contribution is 2.42. The Kier molecular flexibility index (Phi) is 4.46. The van der Waals surface area contributed by atoms with Gasteiger partial charge in [-0.25, -0.2) is 0 Å². The number of carboxylic acid groups (broad SMARTS) is 1. The fourth-order valence-electron chi connectivity index (χ4n) is 2.55. The maximum Gasteiger partial charge on any atom is 0.306 e. The number of rotatable bonds is 7. The number of hydrogen-bond acceptors (Lipinski definition) is 2. The third-order valence-corrected chi connectivity index (χ3v) is 3.86. The third-order valence-electron chi connectivity index (χ3n) is 3.86. The van der Waals surface area contributed by atoms with E-state index in [9.17, 15) is 4.79 Å². The van der Waals surface area contributed by atoms with Gasteiger partial charge in [-0.3, -0.25) is 4.79 Å². The SMILES string of the molecule is CCOc1ccc(CC)cc1CCC1CC1C(=O)O. The maximum absolute atomic E-state index is 10.8. The van der Waals surface area contributed by atoms with E-state index in [4.69, 9.17) is 9.84 Å². The Labute approximate surface area is 114 Å². The van der Waals surface area contributed by atoms with Gasteiger partial charge in [-0.1, -0.05) is 19.1 Å². The summed E-state index contributed by atoms with van der Waals surface area (Å²) in [6.07, 6.45) is 3.72. The Morgan fingerprint density at radius 2 is 2.21 bits per heavy atom. The molecule has 1 aromatic carbocycles. The van der Waals surface area contributed by atoms with Crippen molar-refractivity contribution >= 4 is 5.97 Å². The number of carboxylic acids is 1.